The van der Waals surface area contributed by atoms with Gasteiger partial charge in [-0.1, -0.05) is 145 Å². The number of nitrogens with zero attached hydrogens (tertiary/aromatic N) is 1. The lowest BCUT2D eigenvalue weighted by molar-refractivity contribution is 0.590. The summed E-state index contributed by atoms with van der Waals surface area (Å²) >= 11 is 10.5. The first-order valence-corrected chi connectivity index (χ1v) is 15.7. The van der Waals surface area contributed by atoms with Crippen LogP contribution in [0.15, 0.2) is 150 Å². The van der Waals surface area contributed by atoms with Crippen LogP contribution in [0, 0.1) is 0 Å². The molecule has 6 rings (SSSR count). The summed E-state index contributed by atoms with van der Waals surface area (Å²) in [7, 11) is 0. The van der Waals surface area contributed by atoms with Crippen molar-refractivity contribution in [2.75, 3.05) is 4.90 Å². The third-order valence-corrected chi connectivity index (χ3v) is 8.38. The molecule has 6 aromatic rings. The summed E-state index contributed by atoms with van der Waals surface area (Å²) in [5.41, 5.74) is 11.3. The molecule has 0 bridgehead atoms. The van der Waals surface area contributed by atoms with E-state index < -0.39 is 0 Å². The molecule has 0 atom stereocenters. The van der Waals surface area contributed by atoms with Gasteiger partial charge in [-0.2, -0.15) is 0 Å². The highest BCUT2D eigenvalue weighted by molar-refractivity contribution is 9.10. The van der Waals surface area contributed by atoms with Crippen LogP contribution in [0.1, 0.15) is 26.3 Å². The van der Waals surface area contributed by atoms with Gasteiger partial charge in [0, 0.05) is 32.0 Å². The minimum Gasteiger partial charge on any atom is -0.309 e. The summed E-state index contributed by atoms with van der Waals surface area (Å²) in [5, 5.41) is 0.692. The lowest BCUT2D eigenvalue weighted by Crippen LogP contribution is -2.16. The van der Waals surface area contributed by atoms with Crippen molar-refractivity contribution in [3.05, 3.63) is 161 Å². The zero-order chi connectivity index (χ0) is 30.0. The number of hydrogen-bond acceptors (Lipinski definition) is 1. The molecular weight excluding hydrogens is 610 g/mol. The second-order valence-electron chi connectivity index (χ2n) is 11.8. The molecule has 0 aliphatic rings. The van der Waals surface area contributed by atoms with E-state index in [1.54, 1.807) is 0 Å². The van der Waals surface area contributed by atoms with Crippen LogP contribution in [0.5, 0.6) is 0 Å². The highest BCUT2D eigenvalue weighted by Gasteiger charge is 2.25. The molecule has 0 aliphatic carbocycles. The number of benzene rings is 6. The summed E-state index contributed by atoms with van der Waals surface area (Å²) in [6, 6.07) is 51.5. The Labute approximate surface area is 268 Å². The molecule has 0 saturated carbocycles. The van der Waals surface area contributed by atoms with Gasteiger partial charge >= 0.3 is 0 Å². The molecule has 212 valence electrons. The molecule has 6 aromatic carbocycles. The minimum atomic E-state index is -0.0414. The van der Waals surface area contributed by atoms with Crippen LogP contribution in [-0.4, -0.2) is 0 Å². The minimum absolute atomic E-state index is 0.0414. The summed E-state index contributed by atoms with van der Waals surface area (Å²) in [6.07, 6.45) is 0. The molecular formula is C40H33BrClN. The number of rotatable bonds is 6. The van der Waals surface area contributed by atoms with E-state index >= 15 is 0 Å². The zero-order valence-electron chi connectivity index (χ0n) is 24.6. The Kier molecular flexibility index (Phi) is 8.25. The molecule has 0 aromatic heterocycles. The average molecular weight is 643 g/mol. The third kappa shape index (κ3) is 6.32. The first kappa shape index (κ1) is 29.0. The smallest absolute Gasteiger partial charge is 0.0618 e. The summed E-state index contributed by atoms with van der Waals surface area (Å²) < 4.78 is 1.03. The Bertz CT molecular complexity index is 1800. The molecule has 0 spiro atoms. The fourth-order valence-corrected chi connectivity index (χ4v) is 6.17. The van der Waals surface area contributed by atoms with Crippen molar-refractivity contribution in [2.24, 2.45) is 0 Å². The van der Waals surface area contributed by atoms with E-state index in [1.807, 2.05) is 18.2 Å². The molecule has 0 aliphatic heterocycles. The predicted octanol–water partition coefficient (Wildman–Crippen LogP) is 12.9. The molecule has 0 N–H and O–H groups in total. The van der Waals surface area contributed by atoms with Crippen molar-refractivity contribution < 1.29 is 0 Å². The second kappa shape index (κ2) is 12.2. The van der Waals surface area contributed by atoms with Crippen LogP contribution in [0.3, 0.4) is 0 Å². The van der Waals surface area contributed by atoms with E-state index in [0.29, 0.717) is 5.02 Å². The summed E-state index contributed by atoms with van der Waals surface area (Å²) in [6.45, 7) is 6.76. The van der Waals surface area contributed by atoms with Gasteiger partial charge in [-0.3, -0.25) is 0 Å². The van der Waals surface area contributed by atoms with Crippen molar-refractivity contribution in [1.29, 1.82) is 0 Å². The van der Waals surface area contributed by atoms with Crippen LogP contribution in [0.2, 0.25) is 5.02 Å². The van der Waals surface area contributed by atoms with Gasteiger partial charge < -0.3 is 4.90 Å². The monoisotopic (exact) mass is 641 g/mol. The Morgan fingerprint density at radius 2 is 1.05 bits per heavy atom. The predicted molar refractivity (Wildman–Crippen MR) is 189 cm³/mol. The van der Waals surface area contributed by atoms with Crippen molar-refractivity contribution in [2.45, 2.75) is 26.2 Å². The topological polar surface area (TPSA) is 3.24 Å². The van der Waals surface area contributed by atoms with E-state index in [9.17, 15) is 0 Å². The Morgan fingerprint density at radius 1 is 0.512 bits per heavy atom. The van der Waals surface area contributed by atoms with Crippen LogP contribution in [-0.2, 0) is 5.41 Å². The first-order valence-electron chi connectivity index (χ1n) is 14.5. The van der Waals surface area contributed by atoms with Gasteiger partial charge in [0.25, 0.3) is 0 Å². The second-order valence-corrected chi connectivity index (χ2v) is 13.1. The SMILES string of the molecule is CC(C)(C)c1cc(Br)cc(N(c2cccc(Cl)c2)c2c(-c3ccccc3)cc(-c3ccccc3)cc2-c2ccccc2)c1. The standard InChI is InChI=1S/C40H33BrClN/c1-40(2,3)32-24-33(41)26-36(25-32)43(35-21-13-20-34(42)27-35)39-37(29-16-9-5-10-17-29)22-31(28-14-7-4-8-15-28)23-38(39)30-18-11-6-12-19-30/h4-27H,1-3H3. The number of hydrogen-bond donors (Lipinski definition) is 0. The van der Waals surface area contributed by atoms with Crippen molar-refractivity contribution >= 4 is 44.6 Å². The third-order valence-electron chi connectivity index (χ3n) is 7.68. The van der Waals surface area contributed by atoms with Crippen LogP contribution in [0.4, 0.5) is 17.1 Å². The Balaban J connectivity index is 1.76. The van der Waals surface area contributed by atoms with Crippen LogP contribution < -0.4 is 4.90 Å². The normalized spacial score (nSPS) is 11.4. The molecule has 0 saturated heterocycles. The van der Waals surface area contributed by atoms with Gasteiger partial charge in [0.15, 0.2) is 0 Å². The lowest BCUT2D eigenvalue weighted by atomic mass is 9.86. The van der Waals surface area contributed by atoms with E-state index in [2.05, 4.69) is 169 Å². The number of anilines is 3. The van der Waals surface area contributed by atoms with Crippen molar-refractivity contribution in [1.82, 2.24) is 0 Å². The zero-order valence-corrected chi connectivity index (χ0v) is 26.9. The fraction of sp³-hybridized carbons (Fsp3) is 0.100. The quantitative estimate of drug-likeness (QED) is 0.175. The molecule has 0 heterocycles. The van der Waals surface area contributed by atoms with Crippen LogP contribution in [0.25, 0.3) is 33.4 Å². The molecule has 0 fully saturated rings. The highest BCUT2D eigenvalue weighted by Crippen LogP contribution is 2.49. The maximum atomic E-state index is 6.68. The largest absolute Gasteiger partial charge is 0.309 e. The van der Waals surface area contributed by atoms with E-state index in [4.69, 9.17) is 11.6 Å². The average Bonchev–Trinajstić information content (AvgIpc) is 3.02. The molecule has 43 heavy (non-hydrogen) atoms. The molecule has 1 nitrogen and oxygen atoms in total. The first-order chi connectivity index (χ1) is 20.8. The maximum absolute atomic E-state index is 6.68. The van der Waals surface area contributed by atoms with Crippen molar-refractivity contribution in [3.8, 4) is 33.4 Å². The van der Waals surface area contributed by atoms with Gasteiger partial charge in [0.2, 0.25) is 0 Å². The molecule has 0 amide bonds. The van der Waals surface area contributed by atoms with Crippen LogP contribution >= 0.6 is 27.5 Å². The highest BCUT2D eigenvalue weighted by atomic mass is 79.9. The van der Waals surface area contributed by atoms with E-state index in [0.717, 1.165) is 49.4 Å². The Morgan fingerprint density at radius 3 is 1.56 bits per heavy atom. The van der Waals surface area contributed by atoms with Gasteiger partial charge in [-0.15, -0.1) is 0 Å². The fourth-order valence-electron chi connectivity index (χ4n) is 5.51. The molecule has 0 radical (unpaired) electrons. The van der Waals surface area contributed by atoms with Gasteiger partial charge in [0.1, 0.15) is 0 Å². The van der Waals surface area contributed by atoms with E-state index in [-0.39, 0.29) is 5.41 Å². The van der Waals surface area contributed by atoms with Gasteiger partial charge in [0.05, 0.1) is 5.69 Å². The number of halogens is 2. The Hall–Kier alpha value is -4.11. The van der Waals surface area contributed by atoms with E-state index in [1.165, 1.54) is 11.1 Å². The summed E-state index contributed by atoms with van der Waals surface area (Å²) in [5.74, 6) is 0. The van der Waals surface area contributed by atoms with Gasteiger partial charge in [-0.05, 0) is 81.8 Å². The maximum Gasteiger partial charge on any atom is 0.0618 e. The van der Waals surface area contributed by atoms with Gasteiger partial charge in [-0.25, -0.2) is 0 Å². The molecule has 3 heteroatoms. The summed E-state index contributed by atoms with van der Waals surface area (Å²) in [4.78, 5) is 2.37. The molecule has 0 unspecified atom stereocenters. The van der Waals surface area contributed by atoms with Crippen molar-refractivity contribution in [3.63, 3.8) is 0 Å². The lowest BCUT2D eigenvalue weighted by Gasteiger charge is -2.32.